The third kappa shape index (κ3) is 3.46. The number of rotatable bonds is 5. The molecule has 1 aromatic rings. The number of anilines is 1. The van der Waals surface area contributed by atoms with Gasteiger partial charge in [-0.15, -0.1) is 0 Å². The average molecular weight is 235 g/mol. The first-order valence-electron chi connectivity index (χ1n) is 5.83. The van der Waals surface area contributed by atoms with Crippen LogP contribution in [0.3, 0.4) is 0 Å². The fraction of sp³-hybridized carbons (Fsp3) is 0.462. The molecule has 4 heteroatoms. The van der Waals surface area contributed by atoms with Crippen LogP contribution in [0, 0.1) is 6.92 Å². The predicted molar refractivity (Wildman–Crippen MR) is 71.1 cm³/mol. The van der Waals surface area contributed by atoms with Gasteiger partial charge >= 0.3 is 0 Å². The van der Waals surface area contributed by atoms with Crippen molar-refractivity contribution < 1.29 is 4.79 Å². The zero-order valence-electron chi connectivity index (χ0n) is 10.8. The van der Waals surface area contributed by atoms with Crippen LogP contribution in [0.15, 0.2) is 18.2 Å². The lowest BCUT2D eigenvalue weighted by Crippen LogP contribution is -2.30. The molecule has 1 rings (SSSR count). The molecular formula is C13H21N3O. The molecule has 0 radical (unpaired) electrons. The van der Waals surface area contributed by atoms with E-state index in [0.717, 1.165) is 25.1 Å². The Morgan fingerprint density at radius 2 is 2.18 bits per heavy atom. The lowest BCUT2D eigenvalue weighted by Gasteiger charge is -2.18. The van der Waals surface area contributed by atoms with E-state index >= 15 is 0 Å². The lowest BCUT2D eigenvalue weighted by atomic mass is 10.1. The monoisotopic (exact) mass is 235 g/mol. The first-order chi connectivity index (χ1) is 8.07. The normalized spacial score (nSPS) is 10.3. The molecule has 0 spiro atoms. The number of nitrogens with zero attached hydrogens (tertiary/aromatic N) is 1. The van der Waals surface area contributed by atoms with E-state index in [4.69, 9.17) is 5.73 Å². The summed E-state index contributed by atoms with van der Waals surface area (Å²) in [7, 11) is 3.73. The second kappa shape index (κ2) is 6.25. The maximum Gasteiger partial charge on any atom is 0.253 e. The maximum absolute atomic E-state index is 12.2. The van der Waals surface area contributed by atoms with Gasteiger partial charge in [-0.05, 0) is 44.6 Å². The second-order valence-corrected chi connectivity index (χ2v) is 4.20. The molecule has 1 amide bonds. The molecule has 0 bridgehead atoms. The molecule has 94 valence electrons. The summed E-state index contributed by atoms with van der Waals surface area (Å²) in [6, 6.07) is 5.45. The van der Waals surface area contributed by atoms with Gasteiger partial charge in [-0.1, -0.05) is 6.07 Å². The van der Waals surface area contributed by atoms with Crippen molar-refractivity contribution in [1.29, 1.82) is 0 Å². The van der Waals surface area contributed by atoms with Gasteiger partial charge in [0.05, 0.1) is 0 Å². The summed E-state index contributed by atoms with van der Waals surface area (Å²) in [5.74, 6) is 0.0332. The molecule has 0 saturated carbocycles. The molecule has 0 aliphatic carbocycles. The van der Waals surface area contributed by atoms with E-state index in [1.807, 2.05) is 39.2 Å². The Bertz CT molecular complexity index is 390. The minimum absolute atomic E-state index is 0.0332. The van der Waals surface area contributed by atoms with Crippen molar-refractivity contribution in [3.63, 3.8) is 0 Å². The summed E-state index contributed by atoms with van der Waals surface area (Å²) in [6.07, 6.45) is 0.945. The van der Waals surface area contributed by atoms with Gasteiger partial charge in [0.1, 0.15) is 0 Å². The molecule has 0 aliphatic heterocycles. The van der Waals surface area contributed by atoms with Gasteiger partial charge in [0.25, 0.3) is 5.91 Å². The third-order valence-corrected chi connectivity index (χ3v) is 2.87. The van der Waals surface area contributed by atoms with Crippen LogP contribution in [0.1, 0.15) is 22.3 Å². The highest BCUT2D eigenvalue weighted by atomic mass is 16.2. The Hall–Kier alpha value is -1.55. The Morgan fingerprint density at radius 1 is 1.47 bits per heavy atom. The van der Waals surface area contributed by atoms with Crippen molar-refractivity contribution >= 4 is 11.6 Å². The molecule has 1 aromatic carbocycles. The minimum Gasteiger partial charge on any atom is -0.398 e. The van der Waals surface area contributed by atoms with Crippen LogP contribution >= 0.6 is 0 Å². The van der Waals surface area contributed by atoms with E-state index in [2.05, 4.69) is 5.32 Å². The second-order valence-electron chi connectivity index (χ2n) is 4.20. The molecule has 0 fully saturated rings. The highest BCUT2D eigenvalue weighted by Crippen LogP contribution is 2.16. The molecule has 4 nitrogen and oxygen atoms in total. The number of nitrogens with one attached hydrogen (secondary N) is 1. The zero-order valence-corrected chi connectivity index (χ0v) is 10.8. The number of nitrogen functional groups attached to an aromatic ring is 1. The topological polar surface area (TPSA) is 58.4 Å². The van der Waals surface area contributed by atoms with Gasteiger partial charge < -0.3 is 16.0 Å². The quantitative estimate of drug-likeness (QED) is 0.596. The molecule has 0 aliphatic rings. The van der Waals surface area contributed by atoms with Crippen molar-refractivity contribution in [2.45, 2.75) is 13.3 Å². The summed E-state index contributed by atoms with van der Waals surface area (Å²) in [5.41, 5.74) is 8.02. The van der Waals surface area contributed by atoms with Crippen molar-refractivity contribution in [3.05, 3.63) is 29.3 Å². The fourth-order valence-electron chi connectivity index (χ4n) is 1.69. The fourth-order valence-corrected chi connectivity index (χ4v) is 1.69. The number of nitrogens with two attached hydrogens (primary N) is 1. The van der Waals surface area contributed by atoms with Gasteiger partial charge in [0, 0.05) is 24.8 Å². The highest BCUT2D eigenvalue weighted by molar-refractivity contribution is 5.96. The van der Waals surface area contributed by atoms with Crippen molar-refractivity contribution in [3.8, 4) is 0 Å². The molecule has 0 saturated heterocycles. The van der Waals surface area contributed by atoms with Gasteiger partial charge in [-0.25, -0.2) is 0 Å². The molecular weight excluding hydrogens is 214 g/mol. The van der Waals surface area contributed by atoms with Gasteiger partial charge in [0.15, 0.2) is 0 Å². The molecule has 3 N–H and O–H groups in total. The largest absolute Gasteiger partial charge is 0.398 e. The van der Waals surface area contributed by atoms with Crippen LogP contribution in [-0.2, 0) is 0 Å². The van der Waals surface area contributed by atoms with Gasteiger partial charge in [0.2, 0.25) is 0 Å². The average Bonchev–Trinajstić information content (AvgIpc) is 2.32. The summed E-state index contributed by atoms with van der Waals surface area (Å²) < 4.78 is 0. The van der Waals surface area contributed by atoms with E-state index in [0.29, 0.717) is 11.3 Å². The number of carbonyl (C=O) groups excluding carboxylic acids is 1. The highest BCUT2D eigenvalue weighted by Gasteiger charge is 2.14. The number of hydrogen-bond acceptors (Lipinski definition) is 3. The Labute approximate surface area is 103 Å². The number of carbonyl (C=O) groups is 1. The first-order valence-corrected chi connectivity index (χ1v) is 5.83. The Balaban J connectivity index is 2.71. The summed E-state index contributed by atoms with van der Waals surface area (Å²) >= 11 is 0. The maximum atomic E-state index is 12.2. The molecule has 17 heavy (non-hydrogen) atoms. The van der Waals surface area contributed by atoms with Crippen molar-refractivity contribution in [2.75, 3.05) is 32.9 Å². The van der Waals surface area contributed by atoms with E-state index in [1.54, 1.807) is 4.90 Å². The zero-order chi connectivity index (χ0) is 12.8. The van der Waals surface area contributed by atoms with E-state index in [-0.39, 0.29) is 5.91 Å². The first kappa shape index (κ1) is 13.5. The van der Waals surface area contributed by atoms with Crippen LogP contribution in [0.25, 0.3) is 0 Å². The molecule has 0 aromatic heterocycles. The van der Waals surface area contributed by atoms with Crippen LogP contribution < -0.4 is 11.1 Å². The Morgan fingerprint density at radius 3 is 2.82 bits per heavy atom. The van der Waals surface area contributed by atoms with Crippen LogP contribution in [-0.4, -0.2) is 38.0 Å². The van der Waals surface area contributed by atoms with E-state index in [9.17, 15) is 4.79 Å². The molecule has 0 heterocycles. The number of amides is 1. The number of hydrogen-bond donors (Lipinski definition) is 2. The predicted octanol–water partition coefficient (Wildman–Crippen LogP) is 1.26. The standard InChI is InChI=1S/C13H21N3O/c1-10-11(6-4-7-12(10)14)13(17)16(3)9-5-8-15-2/h4,6-7,15H,5,8-9,14H2,1-3H3. The molecule has 0 atom stereocenters. The van der Waals surface area contributed by atoms with Gasteiger partial charge in [-0.3, -0.25) is 4.79 Å². The number of benzene rings is 1. The minimum atomic E-state index is 0.0332. The van der Waals surface area contributed by atoms with E-state index < -0.39 is 0 Å². The van der Waals surface area contributed by atoms with Crippen LogP contribution in [0.2, 0.25) is 0 Å². The van der Waals surface area contributed by atoms with Crippen molar-refractivity contribution in [2.24, 2.45) is 0 Å². The third-order valence-electron chi connectivity index (χ3n) is 2.87. The van der Waals surface area contributed by atoms with E-state index in [1.165, 1.54) is 0 Å². The SMILES string of the molecule is CNCCCN(C)C(=O)c1cccc(N)c1C. The lowest BCUT2D eigenvalue weighted by molar-refractivity contribution is 0.0793. The Kier molecular flexibility index (Phi) is 4.97. The smallest absolute Gasteiger partial charge is 0.253 e. The summed E-state index contributed by atoms with van der Waals surface area (Å²) in [6.45, 7) is 3.53. The molecule has 0 unspecified atom stereocenters. The van der Waals surface area contributed by atoms with Crippen LogP contribution in [0.4, 0.5) is 5.69 Å². The van der Waals surface area contributed by atoms with Gasteiger partial charge in [-0.2, -0.15) is 0 Å². The summed E-state index contributed by atoms with van der Waals surface area (Å²) in [4.78, 5) is 13.9. The van der Waals surface area contributed by atoms with Crippen LogP contribution in [0.5, 0.6) is 0 Å². The van der Waals surface area contributed by atoms with Crippen molar-refractivity contribution in [1.82, 2.24) is 10.2 Å². The summed E-state index contributed by atoms with van der Waals surface area (Å²) in [5, 5.41) is 3.06.